The summed E-state index contributed by atoms with van der Waals surface area (Å²) in [6, 6.07) is 13.8. The average Bonchev–Trinajstić information content (AvgIpc) is 2.83. The molecule has 20 heavy (non-hydrogen) atoms. The van der Waals surface area contributed by atoms with Gasteiger partial charge in [0.1, 0.15) is 5.52 Å². The van der Waals surface area contributed by atoms with E-state index in [4.69, 9.17) is 10.2 Å². The van der Waals surface area contributed by atoms with Crippen molar-refractivity contribution >= 4 is 27.0 Å². The number of benzene rings is 2. The molecule has 0 fully saturated rings. The number of halogens is 1. The molecule has 2 aromatic carbocycles. The number of aryl methyl sites for hydroxylation is 1. The molecule has 0 amide bonds. The summed E-state index contributed by atoms with van der Waals surface area (Å²) in [5.74, 6) is 0.676. The molecule has 1 atom stereocenters. The van der Waals surface area contributed by atoms with Gasteiger partial charge in [0.2, 0.25) is 0 Å². The zero-order valence-corrected chi connectivity index (χ0v) is 12.7. The number of rotatable bonds is 3. The molecule has 0 radical (unpaired) electrons. The van der Waals surface area contributed by atoms with Gasteiger partial charge in [0, 0.05) is 16.9 Å². The van der Waals surface area contributed by atoms with E-state index in [0.29, 0.717) is 12.3 Å². The highest BCUT2D eigenvalue weighted by Gasteiger charge is 2.13. The van der Waals surface area contributed by atoms with Crippen LogP contribution < -0.4 is 5.73 Å². The molecule has 0 spiro atoms. The molecule has 3 rings (SSSR count). The second-order valence-corrected chi connectivity index (χ2v) is 5.75. The summed E-state index contributed by atoms with van der Waals surface area (Å²) in [7, 11) is 0. The summed E-state index contributed by atoms with van der Waals surface area (Å²) in [6.45, 7) is 2.06. The van der Waals surface area contributed by atoms with Crippen molar-refractivity contribution in [3.63, 3.8) is 0 Å². The van der Waals surface area contributed by atoms with Crippen LogP contribution in [0.25, 0.3) is 11.1 Å². The van der Waals surface area contributed by atoms with E-state index in [0.717, 1.165) is 21.1 Å². The van der Waals surface area contributed by atoms with Crippen LogP contribution >= 0.6 is 15.9 Å². The SMILES string of the molecule is Cc1ccc(C(N)Cc2nc3ccccc3o2)cc1Br. The smallest absolute Gasteiger partial charge is 0.197 e. The zero-order chi connectivity index (χ0) is 14.1. The Morgan fingerprint density at radius 1 is 1.25 bits per heavy atom. The van der Waals surface area contributed by atoms with Crippen LogP contribution in [0.2, 0.25) is 0 Å². The van der Waals surface area contributed by atoms with Crippen molar-refractivity contribution in [2.24, 2.45) is 5.73 Å². The lowest BCUT2D eigenvalue weighted by Gasteiger charge is -2.11. The Bertz CT molecular complexity index is 718. The number of fused-ring (bicyclic) bond motifs is 1. The van der Waals surface area contributed by atoms with Gasteiger partial charge in [-0.3, -0.25) is 0 Å². The van der Waals surface area contributed by atoms with E-state index in [-0.39, 0.29) is 6.04 Å². The second kappa shape index (κ2) is 5.38. The van der Waals surface area contributed by atoms with Crippen LogP contribution in [0.15, 0.2) is 51.4 Å². The summed E-state index contributed by atoms with van der Waals surface area (Å²) in [4.78, 5) is 4.46. The molecular formula is C16H15BrN2O. The summed E-state index contributed by atoms with van der Waals surface area (Å²) in [6.07, 6.45) is 0.587. The van der Waals surface area contributed by atoms with Crippen LogP contribution in [0.3, 0.4) is 0 Å². The number of para-hydroxylation sites is 2. The monoisotopic (exact) mass is 330 g/mol. The van der Waals surface area contributed by atoms with Gasteiger partial charge < -0.3 is 10.2 Å². The van der Waals surface area contributed by atoms with Gasteiger partial charge in [0.15, 0.2) is 11.5 Å². The van der Waals surface area contributed by atoms with Crippen LogP contribution in [0.4, 0.5) is 0 Å². The number of nitrogens with two attached hydrogens (primary N) is 1. The zero-order valence-electron chi connectivity index (χ0n) is 11.1. The number of oxazole rings is 1. The van der Waals surface area contributed by atoms with Crippen molar-refractivity contribution in [3.8, 4) is 0 Å². The first-order valence-electron chi connectivity index (χ1n) is 6.49. The fraction of sp³-hybridized carbons (Fsp3) is 0.188. The fourth-order valence-electron chi connectivity index (χ4n) is 2.15. The molecule has 1 heterocycles. The van der Waals surface area contributed by atoms with Crippen LogP contribution in [0, 0.1) is 6.92 Å². The molecule has 0 saturated carbocycles. The van der Waals surface area contributed by atoms with Crippen LogP contribution in [-0.2, 0) is 6.42 Å². The third-order valence-electron chi connectivity index (χ3n) is 3.36. The Kier molecular flexibility index (Phi) is 3.59. The summed E-state index contributed by atoms with van der Waals surface area (Å²) < 4.78 is 6.78. The molecule has 1 unspecified atom stereocenters. The van der Waals surface area contributed by atoms with Crippen LogP contribution in [0.1, 0.15) is 23.1 Å². The minimum absolute atomic E-state index is 0.125. The molecule has 0 saturated heterocycles. The fourth-order valence-corrected chi connectivity index (χ4v) is 2.55. The Balaban J connectivity index is 1.84. The van der Waals surface area contributed by atoms with E-state index in [1.165, 1.54) is 5.56 Å². The molecule has 2 N–H and O–H groups in total. The third kappa shape index (κ3) is 2.62. The molecule has 3 aromatic rings. The van der Waals surface area contributed by atoms with E-state index in [9.17, 15) is 0 Å². The van der Waals surface area contributed by atoms with Gasteiger partial charge >= 0.3 is 0 Å². The van der Waals surface area contributed by atoms with Crippen LogP contribution in [0.5, 0.6) is 0 Å². The topological polar surface area (TPSA) is 52.0 Å². The van der Waals surface area contributed by atoms with Gasteiger partial charge in [-0.05, 0) is 36.2 Å². The molecule has 0 aliphatic heterocycles. The maximum Gasteiger partial charge on any atom is 0.197 e. The Hall–Kier alpha value is -1.65. The molecular weight excluding hydrogens is 316 g/mol. The summed E-state index contributed by atoms with van der Waals surface area (Å²) >= 11 is 3.53. The van der Waals surface area contributed by atoms with E-state index in [2.05, 4.69) is 40.0 Å². The van der Waals surface area contributed by atoms with Crippen molar-refractivity contribution < 1.29 is 4.42 Å². The number of hydrogen-bond donors (Lipinski definition) is 1. The van der Waals surface area contributed by atoms with Gasteiger partial charge in [-0.2, -0.15) is 0 Å². The van der Waals surface area contributed by atoms with Gasteiger partial charge in [-0.25, -0.2) is 4.98 Å². The second-order valence-electron chi connectivity index (χ2n) is 4.89. The first-order valence-corrected chi connectivity index (χ1v) is 7.29. The molecule has 1 aromatic heterocycles. The maximum absolute atomic E-state index is 6.25. The lowest BCUT2D eigenvalue weighted by Crippen LogP contribution is -2.13. The Morgan fingerprint density at radius 2 is 2.05 bits per heavy atom. The van der Waals surface area contributed by atoms with Crippen molar-refractivity contribution in [1.29, 1.82) is 0 Å². The standard InChI is InChI=1S/C16H15BrN2O/c1-10-6-7-11(8-12(10)17)13(18)9-16-19-14-4-2-3-5-15(14)20-16/h2-8,13H,9,18H2,1H3. The first-order chi connectivity index (χ1) is 9.63. The lowest BCUT2D eigenvalue weighted by molar-refractivity contribution is 0.502. The molecule has 0 bridgehead atoms. The number of aromatic nitrogens is 1. The van der Waals surface area contributed by atoms with Gasteiger partial charge in [0.25, 0.3) is 0 Å². The maximum atomic E-state index is 6.25. The van der Waals surface area contributed by atoms with E-state index in [1.807, 2.05) is 30.3 Å². The predicted molar refractivity (Wildman–Crippen MR) is 83.5 cm³/mol. The van der Waals surface area contributed by atoms with Crippen molar-refractivity contribution in [3.05, 3.63) is 64.0 Å². The van der Waals surface area contributed by atoms with Crippen molar-refractivity contribution in [2.75, 3.05) is 0 Å². The van der Waals surface area contributed by atoms with Gasteiger partial charge in [0.05, 0.1) is 0 Å². The summed E-state index contributed by atoms with van der Waals surface area (Å²) in [5.41, 5.74) is 10.2. The van der Waals surface area contributed by atoms with E-state index < -0.39 is 0 Å². The average molecular weight is 331 g/mol. The minimum Gasteiger partial charge on any atom is -0.441 e. The van der Waals surface area contributed by atoms with Crippen LogP contribution in [-0.4, -0.2) is 4.98 Å². The summed E-state index contributed by atoms with van der Waals surface area (Å²) in [5, 5.41) is 0. The molecule has 3 nitrogen and oxygen atoms in total. The quantitative estimate of drug-likeness (QED) is 0.785. The molecule has 0 aliphatic carbocycles. The predicted octanol–water partition coefficient (Wildman–Crippen LogP) is 4.14. The van der Waals surface area contributed by atoms with E-state index >= 15 is 0 Å². The largest absolute Gasteiger partial charge is 0.441 e. The van der Waals surface area contributed by atoms with Crippen molar-refractivity contribution in [1.82, 2.24) is 4.98 Å². The lowest BCUT2D eigenvalue weighted by atomic mass is 10.0. The normalized spacial score (nSPS) is 12.8. The number of hydrogen-bond acceptors (Lipinski definition) is 3. The molecule has 4 heteroatoms. The Morgan fingerprint density at radius 3 is 2.80 bits per heavy atom. The third-order valence-corrected chi connectivity index (χ3v) is 4.21. The van der Waals surface area contributed by atoms with Gasteiger partial charge in [-0.15, -0.1) is 0 Å². The minimum atomic E-state index is -0.125. The van der Waals surface area contributed by atoms with Crippen molar-refractivity contribution in [2.45, 2.75) is 19.4 Å². The highest BCUT2D eigenvalue weighted by molar-refractivity contribution is 9.10. The molecule has 0 aliphatic rings. The number of nitrogens with zero attached hydrogens (tertiary/aromatic N) is 1. The highest BCUT2D eigenvalue weighted by Crippen LogP contribution is 2.24. The van der Waals surface area contributed by atoms with Gasteiger partial charge in [-0.1, -0.05) is 40.2 Å². The molecule has 102 valence electrons. The van der Waals surface area contributed by atoms with E-state index in [1.54, 1.807) is 0 Å². The first kappa shape index (κ1) is 13.3. The highest BCUT2D eigenvalue weighted by atomic mass is 79.9. The Labute approximate surface area is 125 Å².